The highest BCUT2D eigenvalue weighted by Crippen LogP contribution is 2.35. The van der Waals surface area contributed by atoms with Crippen LogP contribution in [0.4, 0.5) is 0 Å². The Morgan fingerprint density at radius 2 is 2.05 bits per heavy atom. The van der Waals surface area contributed by atoms with Crippen molar-refractivity contribution in [2.45, 2.75) is 32.0 Å². The van der Waals surface area contributed by atoms with E-state index in [0.29, 0.717) is 12.8 Å². The van der Waals surface area contributed by atoms with E-state index in [2.05, 4.69) is 24.0 Å². The SMILES string of the molecule is CC(N)C1CN(C(C)c2ccc3c(c2)OCO3)CCO1. The van der Waals surface area contributed by atoms with Gasteiger partial charge in [0.05, 0.1) is 12.7 Å². The Morgan fingerprint density at radius 1 is 1.25 bits per heavy atom. The Bertz CT molecular complexity index is 478. The molecule has 0 aliphatic carbocycles. The lowest BCUT2D eigenvalue weighted by Crippen LogP contribution is -2.50. The fourth-order valence-corrected chi connectivity index (χ4v) is 2.75. The van der Waals surface area contributed by atoms with Gasteiger partial charge in [-0.2, -0.15) is 0 Å². The van der Waals surface area contributed by atoms with Crippen molar-refractivity contribution < 1.29 is 14.2 Å². The molecule has 0 bridgehead atoms. The van der Waals surface area contributed by atoms with Crippen LogP contribution in [0.5, 0.6) is 11.5 Å². The van der Waals surface area contributed by atoms with Crippen LogP contribution < -0.4 is 15.2 Å². The summed E-state index contributed by atoms with van der Waals surface area (Å²) in [5.41, 5.74) is 7.19. The predicted molar refractivity (Wildman–Crippen MR) is 75.9 cm³/mol. The number of hydrogen-bond acceptors (Lipinski definition) is 5. The van der Waals surface area contributed by atoms with Gasteiger partial charge in [-0.1, -0.05) is 6.07 Å². The van der Waals surface area contributed by atoms with Crippen molar-refractivity contribution in [3.63, 3.8) is 0 Å². The van der Waals surface area contributed by atoms with Crippen LogP contribution in [0.1, 0.15) is 25.5 Å². The maximum atomic E-state index is 5.95. The van der Waals surface area contributed by atoms with E-state index in [4.69, 9.17) is 19.9 Å². The summed E-state index contributed by atoms with van der Waals surface area (Å²) in [6.07, 6.45) is 0.111. The van der Waals surface area contributed by atoms with Crippen LogP contribution in [-0.2, 0) is 4.74 Å². The quantitative estimate of drug-likeness (QED) is 0.908. The normalized spacial score (nSPS) is 25.4. The van der Waals surface area contributed by atoms with E-state index in [1.807, 2.05) is 13.0 Å². The number of ether oxygens (including phenoxy) is 3. The second-order valence-corrected chi connectivity index (χ2v) is 5.55. The van der Waals surface area contributed by atoms with Gasteiger partial charge in [-0.15, -0.1) is 0 Å². The third kappa shape index (κ3) is 2.61. The Balaban J connectivity index is 1.73. The maximum absolute atomic E-state index is 5.95. The zero-order valence-electron chi connectivity index (χ0n) is 12.0. The van der Waals surface area contributed by atoms with E-state index in [-0.39, 0.29) is 12.1 Å². The van der Waals surface area contributed by atoms with Crippen molar-refractivity contribution >= 4 is 0 Å². The highest BCUT2D eigenvalue weighted by molar-refractivity contribution is 5.45. The van der Waals surface area contributed by atoms with Gasteiger partial charge in [0.25, 0.3) is 0 Å². The van der Waals surface area contributed by atoms with Gasteiger partial charge in [-0.3, -0.25) is 4.90 Å². The van der Waals surface area contributed by atoms with E-state index in [0.717, 1.165) is 31.2 Å². The summed E-state index contributed by atoms with van der Waals surface area (Å²) < 4.78 is 16.5. The molecule has 2 aliphatic rings. The third-order valence-corrected chi connectivity index (χ3v) is 4.14. The summed E-state index contributed by atoms with van der Waals surface area (Å²) in [4.78, 5) is 2.41. The van der Waals surface area contributed by atoms with E-state index >= 15 is 0 Å². The summed E-state index contributed by atoms with van der Waals surface area (Å²) in [6.45, 7) is 7.06. The molecular weight excluding hydrogens is 256 g/mol. The summed E-state index contributed by atoms with van der Waals surface area (Å²) in [6, 6.07) is 6.53. The molecule has 3 unspecified atom stereocenters. The molecular formula is C15H22N2O3. The van der Waals surface area contributed by atoms with Gasteiger partial charge in [-0.25, -0.2) is 0 Å². The molecule has 2 aliphatic heterocycles. The molecule has 1 saturated heterocycles. The Kier molecular flexibility index (Phi) is 3.83. The number of benzene rings is 1. The lowest BCUT2D eigenvalue weighted by molar-refractivity contribution is -0.0498. The molecule has 20 heavy (non-hydrogen) atoms. The Hall–Kier alpha value is -1.30. The van der Waals surface area contributed by atoms with Crippen LogP contribution >= 0.6 is 0 Å². The molecule has 0 saturated carbocycles. The Labute approximate surface area is 119 Å². The molecule has 3 rings (SSSR count). The highest BCUT2D eigenvalue weighted by Gasteiger charge is 2.27. The van der Waals surface area contributed by atoms with Crippen LogP contribution in [0.15, 0.2) is 18.2 Å². The van der Waals surface area contributed by atoms with Crippen molar-refractivity contribution in [2.75, 3.05) is 26.5 Å². The molecule has 1 aromatic carbocycles. The summed E-state index contributed by atoms with van der Waals surface area (Å²) in [7, 11) is 0. The summed E-state index contributed by atoms with van der Waals surface area (Å²) in [5.74, 6) is 1.67. The first-order chi connectivity index (χ1) is 9.65. The largest absolute Gasteiger partial charge is 0.454 e. The molecule has 110 valence electrons. The molecule has 2 heterocycles. The van der Waals surface area contributed by atoms with E-state index in [9.17, 15) is 0 Å². The lowest BCUT2D eigenvalue weighted by atomic mass is 10.0. The zero-order valence-corrected chi connectivity index (χ0v) is 12.0. The average Bonchev–Trinajstić information content (AvgIpc) is 2.94. The van der Waals surface area contributed by atoms with Gasteiger partial charge in [0.15, 0.2) is 11.5 Å². The minimum Gasteiger partial charge on any atom is -0.454 e. The van der Waals surface area contributed by atoms with Crippen LogP contribution in [0.3, 0.4) is 0 Å². The number of hydrogen-bond donors (Lipinski definition) is 1. The van der Waals surface area contributed by atoms with E-state index in [1.54, 1.807) is 0 Å². The molecule has 0 aromatic heterocycles. The van der Waals surface area contributed by atoms with Crippen LogP contribution in [-0.4, -0.2) is 43.5 Å². The Morgan fingerprint density at radius 3 is 2.85 bits per heavy atom. The van der Waals surface area contributed by atoms with Gasteiger partial charge in [0, 0.05) is 25.2 Å². The first-order valence-electron chi connectivity index (χ1n) is 7.16. The number of fused-ring (bicyclic) bond motifs is 1. The second kappa shape index (κ2) is 5.60. The van der Waals surface area contributed by atoms with Crippen molar-refractivity contribution in [2.24, 2.45) is 5.73 Å². The zero-order chi connectivity index (χ0) is 14.1. The molecule has 5 heteroatoms. The van der Waals surface area contributed by atoms with E-state index in [1.165, 1.54) is 5.56 Å². The minimum atomic E-state index is 0.0572. The van der Waals surface area contributed by atoms with E-state index < -0.39 is 0 Å². The van der Waals surface area contributed by atoms with Crippen molar-refractivity contribution in [1.29, 1.82) is 0 Å². The van der Waals surface area contributed by atoms with Crippen molar-refractivity contribution in [3.8, 4) is 11.5 Å². The van der Waals surface area contributed by atoms with Crippen LogP contribution in [0, 0.1) is 0 Å². The standard InChI is InChI=1S/C15H22N2O3/c1-10(16)15-8-17(5-6-18-15)11(2)12-3-4-13-14(7-12)20-9-19-13/h3-4,7,10-11,15H,5-6,8-9,16H2,1-2H3. The molecule has 3 atom stereocenters. The summed E-state index contributed by atoms with van der Waals surface area (Å²) >= 11 is 0. The van der Waals surface area contributed by atoms with Crippen molar-refractivity contribution in [1.82, 2.24) is 4.90 Å². The lowest BCUT2D eigenvalue weighted by Gasteiger charge is -2.38. The smallest absolute Gasteiger partial charge is 0.231 e. The van der Waals surface area contributed by atoms with Gasteiger partial charge in [-0.05, 0) is 31.5 Å². The maximum Gasteiger partial charge on any atom is 0.231 e. The average molecular weight is 278 g/mol. The van der Waals surface area contributed by atoms with Gasteiger partial charge < -0.3 is 19.9 Å². The molecule has 5 nitrogen and oxygen atoms in total. The first kappa shape index (κ1) is 13.7. The number of rotatable bonds is 3. The molecule has 0 radical (unpaired) electrons. The minimum absolute atomic E-state index is 0.0572. The topological polar surface area (TPSA) is 57.0 Å². The third-order valence-electron chi connectivity index (χ3n) is 4.14. The van der Waals surface area contributed by atoms with Crippen LogP contribution in [0.25, 0.3) is 0 Å². The molecule has 1 aromatic rings. The van der Waals surface area contributed by atoms with Gasteiger partial charge in [0.2, 0.25) is 6.79 Å². The van der Waals surface area contributed by atoms with Crippen molar-refractivity contribution in [3.05, 3.63) is 23.8 Å². The molecule has 0 spiro atoms. The number of nitrogens with two attached hydrogens (primary N) is 1. The molecule has 1 fully saturated rings. The monoisotopic (exact) mass is 278 g/mol. The second-order valence-electron chi connectivity index (χ2n) is 5.55. The molecule has 2 N–H and O–H groups in total. The highest BCUT2D eigenvalue weighted by atomic mass is 16.7. The first-order valence-corrected chi connectivity index (χ1v) is 7.16. The van der Waals surface area contributed by atoms with Gasteiger partial charge >= 0.3 is 0 Å². The fourth-order valence-electron chi connectivity index (χ4n) is 2.75. The van der Waals surface area contributed by atoms with Gasteiger partial charge in [0.1, 0.15) is 0 Å². The molecule has 0 amide bonds. The fraction of sp³-hybridized carbons (Fsp3) is 0.600. The number of morpholine rings is 1. The van der Waals surface area contributed by atoms with Crippen LogP contribution in [0.2, 0.25) is 0 Å². The predicted octanol–water partition coefficient (Wildman–Crippen LogP) is 1.52. The number of nitrogens with zero attached hydrogens (tertiary/aromatic N) is 1. The summed E-state index contributed by atoms with van der Waals surface area (Å²) in [5, 5.41) is 0.